The molecule has 0 aliphatic rings. The van der Waals surface area contributed by atoms with Gasteiger partial charge in [-0.05, 0) is 24.3 Å². The lowest BCUT2D eigenvalue weighted by Gasteiger charge is -2.13. The molecule has 0 N–H and O–H groups in total. The molecule has 0 bridgehead atoms. The summed E-state index contributed by atoms with van der Waals surface area (Å²) in [5, 5.41) is 8.59. The van der Waals surface area contributed by atoms with E-state index >= 15 is 0 Å². The van der Waals surface area contributed by atoms with Crippen molar-refractivity contribution < 1.29 is 8.42 Å². The fraction of sp³-hybridized carbons (Fsp3) is 0.182. The van der Waals surface area contributed by atoms with E-state index in [0.717, 1.165) is 4.31 Å². The monoisotopic (exact) mass is 234 g/mol. The molecule has 0 atom stereocenters. The number of hydrogen-bond acceptors (Lipinski definition) is 3. The smallest absolute Gasteiger partial charge is 0.207 e. The lowest BCUT2D eigenvalue weighted by atomic mass is 10.2. The minimum atomic E-state index is -3.54. The van der Waals surface area contributed by atoms with Crippen LogP contribution >= 0.6 is 0 Å². The molecule has 0 saturated heterocycles. The fourth-order valence-electron chi connectivity index (χ4n) is 1.09. The van der Waals surface area contributed by atoms with Crippen molar-refractivity contribution in [2.24, 2.45) is 0 Å². The highest BCUT2D eigenvalue weighted by molar-refractivity contribution is 7.89. The van der Waals surface area contributed by atoms with E-state index in [1.54, 1.807) is 0 Å². The molecule has 0 aromatic heterocycles. The van der Waals surface area contributed by atoms with Crippen molar-refractivity contribution in [2.45, 2.75) is 4.90 Å². The molecule has 0 fully saturated rings. The van der Waals surface area contributed by atoms with Gasteiger partial charge in [-0.2, -0.15) is 9.57 Å². The van der Waals surface area contributed by atoms with Gasteiger partial charge in [-0.25, -0.2) is 8.42 Å². The zero-order valence-electron chi connectivity index (χ0n) is 8.71. The van der Waals surface area contributed by atoms with Crippen molar-refractivity contribution in [3.05, 3.63) is 29.8 Å². The van der Waals surface area contributed by atoms with Crippen LogP contribution in [0.2, 0.25) is 0 Å². The Bertz CT molecular complexity index is 547. The predicted molar refractivity (Wildman–Crippen MR) is 59.8 cm³/mol. The summed E-state index contributed by atoms with van der Waals surface area (Å²) in [5.74, 6) is 2.26. The average Bonchev–Trinajstić information content (AvgIpc) is 2.29. The molecule has 0 aliphatic heterocycles. The highest BCUT2D eigenvalue weighted by Gasteiger charge is 2.19. The third-order valence-electron chi connectivity index (χ3n) is 2.01. The van der Waals surface area contributed by atoms with Gasteiger partial charge in [-0.1, -0.05) is 5.92 Å². The summed E-state index contributed by atoms with van der Waals surface area (Å²) < 4.78 is 24.8. The van der Waals surface area contributed by atoms with Crippen LogP contribution in [0.1, 0.15) is 5.56 Å². The summed E-state index contributed by atoms with van der Waals surface area (Å²) in [6.07, 6.45) is 5.05. The van der Waals surface area contributed by atoms with Crippen LogP contribution < -0.4 is 0 Å². The minimum absolute atomic E-state index is 0.0162. The number of hydrogen-bond donors (Lipinski definition) is 0. The van der Waals surface area contributed by atoms with E-state index < -0.39 is 10.0 Å². The van der Waals surface area contributed by atoms with Crippen LogP contribution in [-0.2, 0) is 10.0 Å². The maximum absolute atomic E-state index is 11.9. The number of nitrogens with zero attached hydrogens (tertiary/aromatic N) is 2. The van der Waals surface area contributed by atoms with Crippen molar-refractivity contribution in [1.29, 1.82) is 5.26 Å². The van der Waals surface area contributed by atoms with Crippen LogP contribution in [0.25, 0.3) is 0 Å². The second-order valence-electron chi connectivity index (χ2n) is 3.10. The van der Waals surface area contributed by atoms with Crippen LogP contribution in [0.5, 0.6) is 0 Å². The summed E-state index contributed by atoms with van der Waals surface area (Å²) in [5.41, 5.74) is 0.415. The first-order valence-corrected chi connectivity index (χ1v) is 5.86. The Kier molecular flexibility index (Phi) is 3.68. The molecule has 82 valence electrons. The molecule has 0 unspecified atom stereocenters. The van der Waals surface area contributed by atoms with Gasteiger partial charge in [0.1, 0.15) is 0 Å². The van der Waals surface area contributed by atoms with Gasteiger partial charge >= 0.3 is 0 Å². The van der Waals surface area contributed by atoms with E-state index in [4.69, 9.17) is 11.7 Å². The number of benzene rings is 1. The molecule has 0 heterocycles. The predicted octanol–water partition coefficient (Wildman–Crippen LogP) is 0.812. The van der Waals surface area contributed by atoms with Crippen LogP contribution in [0.3, 0.4) is 0 Å². The van der Waals surface area contributed by atoms with Crippen molar-refractivity contribution in [3.8, 4) is 18.4 Å². The Labute approximate surface area is 95.2 Å². The second-order valence-corrected chi connectivity index (χ2v) is 5.15. The summed E-state index contributed by atoms with van der Waals surface area (Å²) in [6, 6.07) is 7.61. The molecular weight excluding hydrogens is 224 g/mol. The molecule has 0 aliphatic carbocycles. The molecule has 0 spiro atoms. The SMILES string of the molecule is C#CCN(C)S(=O)(=O)c1ccc(C#N)cc1. The Hall–Kier alpha value is -1.82. The number of terminal acetylenes is 1. The zero-order chi connectivity index (χ0) is 12.2. The number of sulfonamides is 1. The van der Waals surface area contributed by atoms with E-state index in [0.29, 0.717) is 5.56 Å². The molecule has 4 nitrogen and oxygen atoms in total. The summed E-state index contributed by atoms with van der Waals surface area (Å²) in [7, 11) is -2.13. The third-order valence-corrected chi connectivity index (χ3v) is 3.82. The van der Waals surface area contributed by atoms with E-state index in [2.05, 4.69) is 5.92 Å². The van der Waals surface area contributed by atoms with E-state index in [1.807, 2.05) is 6.07 Å². The molecule has 0 amide bonds. The van der Waals surface area contributed by atoms with E-state index in [-0.39, 0.29) is 11.4 Å². The molecule has 1 rings (SSSR count). The lowest BCUT2D eigenvalue weighted by Crippen LogP contribution is -2.27. The highest BCUT2D eigenvalue weighted by atomic mass is 32.2. The first-order chi connectivity index (χ1) is 7.52. The van der Waals surface area contributed by atoms with Gasteiger partial charge in [0.15, 0.2) is 0 Å². The van der Waals surface area contributed by atoms with Gasteiger partial charge in [0.05, 0.1) is 23.1 Å². The van der Waals surface area contributed by atoms with Gasteiger partial charge in [-0.3, -0.25) is 0 Å². The Morgan fingerprint density at radius 3 is 2.38 bits per heavy atom. The van der Waals surface area contributed by atoms with Crippen LogP contribution in [0.15, 0.2) is 29.2 Å². The normalized spacial score (nSPS) is 10.8. The van der Waals surface area contributed by atoms with Crippen LogP contribution in [-0.4, -0.2) is 26.3 Å². The Morgan fingerprint density at radius 2 is 1.94 bits per heavy atom. The zero-order valence-corrected chi connectivity index (χ0v) is 9.53. The highest BCUT2D eigenvalue weighted by Crippen LogP contribution is 2.14. The maximum atomic E-state index is 11.9. The van der Waals surface area contributed by atoms with Crippen LogP contribution in [0, 0.1) is 23.7 Å². The topological polar surface area (TPSA) is 61.2 Å². The molecule has 1 aromatic carbocycles. The van der Waals surface area contributed by atoms with Crippen molar-refractivity contribution in [1.82, 2.24) is 4.31 Å². The molecule has 5 heteroatoms. The summed E-state index contributed by atoms with van der Waals surface area (Å²) in [4.78, 5) is 0.129. The van der Waals surface area contributed by atoms with Crippen LogP contribution in [0.4, 0.5) is 0 Å². The molecule has 0 radical (unpaired) electrons. The first kappa shape index (κ1) is 12.3. The average molecular weight is 234 g/mol. The molecule has 0 saturated carbocycles. The fourth-order valence-corrected chi connectivity index (χ4v) is 2.18. The standard InChI is InChI=1S/C11H10N2O2S/c1-3-8-13(2)16(14,15)11-6-4-10(9-12)5-7-11/h1,4-7H,8H2,2H3. The van der Waals surface area contributed by atoms with Crippen molar-refractivity contribution in [3.63, 3.8) is 0 Å². The summed E-state index contributed by atoms with van der Waals surface area (Å²) in [6.45, 7) is 0.0162. The lowest BCUT2D eigenvalue weighted by molar-refractivity contribution is 0.503. The summed E-state index contributed by atoms with van der Waals surface area (Å²) >= 11 is 0. The number of rotatable bonds is 3. The van der Waals surface area contributed by atoms with Crippen molar-refractivity contribution in [2.75, 3.05) is 13.6 Å². The van der Waals surface area contributed by atoms with Gasteiger partial charge in [0, 0.05) is 7.05 Å². The van der Waals surface area contributed by atoms with E-state index in [1.165, 1.54) is 31.3 Å². The second kappa shape index (κ2) is 4.80. The van der Waals surface area contributed by atoms with Gasteiger partial charge < -0.3 is 0 Å². The maximum Gasteiger partial charge on any atom is 0.243 e. The van der Waals surface area contributed by atoms with Crippen molar-refractivity contribution >= 4 is 10.0 Å². The third kappa shape index (κ3) is 2.40. The molecule has 16 heavy (non-hydrogen) atoms. The largest absolute Gasteiger partial charge is 0.243 e. The Balaban J connectivity index is 3.10. The number of nitriles is 1. The Morgan fingerprint density at radius 1 is 1.38 bits per heavy atom. The molecule has 1 aromatic rings. The van der Waals surface area contributed by atoms with Gasteiger partial charge in [0.2, 0.25) is 10.0 Å². The van der Waals surface area contributed by atoms with Gasteiger partial charge in [0.25, 0.3) is 0 Å². The minimum Gasteiger partial charge on any atom is -0.207 e. The van der Waals surface area contributed by atoms with Gasteiger partial charge in [-0.15, -0.1) is 6.42 Å². The quantitative estimate of drug-likeness (QED) is 0.727. The van der Waals surface area contributed by atoms with E-state index in [9.17, 15) is 8.42 Å². The first-order valence-electron chi connectivity index (χ1n) is 4.42. The molecular formula is C11H10N2O2S.